The van der Waals surface area contributed by atoms with Crippen molar-refractivity contribution in [3.05, 3.63) is 11.6 Å². The van der Waals surface area contributed by atoms with Gasteiger partial charge in [-0.2, -0.15) is 16.9 Å². The number of aromatic nitrogens is 3. The molecule has 0 saturated heterocycles. The molecule has 2 N–H and O–H groups in total. The summed E-state index contributed by atoms with van der Waals surface area (Å²) in [6.07, 6.45) is 3.76. The first kappa shape index (κ1) is 17.1. The highest BCUT2D eigenvalue weighted by Gasteiger charge is 2.25. The van der Waals surface area contributed by atoms with E-state index >= 15 is 0 Å². The monoisotopic (exact) mass is 325 g/mol. The molecule has 0 bridgehead atoms. The summed E-state index contributed by atoms with van der Waals surface area (Å²) in [6.45, 7) is 7.15. The second-order valence-electron chi connectivity index (χ2n) is 5.66. The molecule has 1 aromatic heterocycles. The van der Waals surface area contributed by atoms with Gasteiger partial charge in [-0.15, -0.1) is 0 Å². The quantitative estimate of drug-likeness (QED) is 0.756. The summed E-state index contributed by atoms with van der Waals surface area (Å²) >= 11 is 1.90. The van der Waals surface area contributed by atoms with Crippen LogP contribution in [0.15, 0.2) is 0 Å². The van der Waals surface area contributed by atoms with E-state index in [-0.39, 0.29) is 18.1 Å². The van der Waals surface area contributed by atoms with E-state index in [0.29, 0.717) is 0 Å². The van der Waals surface area contributed by atoms with E-state index < -0.39 is 0 Å². The molecule has 22 heavy (non-hydrogen) atoms. The highest BCUT2D eigenvalue weighted by molar-refractivity contribution is 7.99. The number of hydrogen-bond donors (Lipinski definition) is 2. The zero-order valence-electron chi connectivity index (χ0n) is 13.8. The van der Waals surface area contributed by atoms with E-state index in [0.717, 1.165) is 55.4 Å². The van der Waals surface area contributed by atoms with Crippen molar-refractivity contribution in [3.63, 3.8) is 0 Å². The maximum Gasteiger partial charge on any atom is 0.315 e. The fourth-order valence-corrected chi connectivity index (χ4v) is 3.40. The van der Waals surface area contributed by atoms with Crippen LogP contribution >= 0.6 is 11.8 Å². The normalized spacial score (nSPS) is 18.6. The van der Waals surface area contributed by atoms with Crippen LogP contribution in [0.3, 0.4) is 0 Å². The van der Waals surface area contributed by atoms with Gasteiger partial charge in [-0.05, 0) is 37.7 Å². The third kappa shape index (κ3) is 4.63. The standard InChI is InChI=1S/C15H27N5OS/c1-4-13-18-14-12(7-6-9-20(14)19-13)17-15(21)16-11(3)8-10-22-5-2/h11-12H,4-10H2,1-3H3,(H2,16,17,21)/t11-,12+/m1/s1. The highest BCUT2D eigenvalue weighted by atomic mass is 32.2. The van der Waals surface area contributed by atoms with Crippen LogP contribution in [-0.4, -0.2) is 38.3 Å². The van der Waals surface area contributed by atoms with Crippen LogP contribution in [0.1, 0.15) is 57.7 Å². The van der Waals surface area contributed by atoms with Gasteiger partial charge in [0.1, 0.15) is 5.82 Å². The Morgan fingerprint density at radius 2 is 2.32 bits per heavy atom. The third-order valence-corrected chi connectivity index (χ3v) is 4.75. The summed E-state index contributed by atoms with van der Waals surface area (Å²) in [5.41, 5.74) is 0. The molecule has 2 heterocycles. The molecule has 2 amide bonds. The van der Waals surface area contributed by atoms with Crippen molar-refractivity contribution in [2.24, 2.45) is 0 Å². The first-order chi connectivity index (χ1) is 10.6. The minimum atomic E-state index is -0.103. The Labute approximate surface area is 136 Å². The summed E-state index contributed by atoms with van der Waals surface area (Å²) in [7, 11) is 0. The van der Waals surface area contributed by atoms with Crippen molar-refractivity contribution in [1.29, 1.82) is 0 Å². The van der Waals surface area contributed by atoms with Crippen molar-refractivity contribution >= 4 is 17.8 Å². The maximum atomic E-state index is 12.2. The number of fused-ring (bicyclic) bond motifs is 1. The van der Waals surface area contributed by atoms with Crippen molar-refractivity contribution in [2.75, 3.05) is 11.5 Å². The lowest BCUT2D eigenvalue weighted by molar-refractivity contribution is 0.229. The van der Waals surface area contributed by atoms with E-state index in [1.165, 1.54) is 0 Å². The van der Waals surface area contributed by atoms with Gasteiger partial charge in [0.25, 0.3) is 0 Å². The van der Waals surface area contributed by atoms with Gasteiger partial charge in [-0.25, -0.2) is 14.5 Å². The Morgan fingerprint density at radius 3 is 3.05 bits per heavy atom. The first-order valence-corrected chi connectivity index (χ1v) is 9.37. The molecule has 2 atom stereocenters. The van der Waals surface area contributed by atoms with Crippen LogP contribution in [0.5, 0.6) is 0 Å². The number of nitrogens with zero attached hydrogens (tertiary/aromatic N) is 3. The molecule has 1 aromatic rings. The van der Waals surface area contributed by atoms with E-state index in [4.69, 9.17) is 0 Å². The van der Waals surface area contributed by atoms with Gasteiger partial charge < -0.3 is 10.6 Å². The lowest BCUT2D eigenvalue weighted by atomic mass is 10.1. The molecule has 0 fully saturated rings. The van der Waals surface area contributed by atoms with Crippen LogP contribution in [0.2, 0.25) is 0 Å². The first-order valence-electron chi connectivity index (χ1n) is 8.22. The molecule has 0 radical (unpaired) electrons. The minimum Gasteiger partial charge on any atom is -0.336 e. The van der Waals surface area contributed by atoms with Gasteiger partial charge in [-0.1, -0.05) is 13.8 Å². The summed E-state index contributed by atoms with van der Waals surface area (Å²) in [4.78, 5) is 16.7. The van der Waals surface area contributed by atoms with E-state index in [1.807, 2.05) is 30.3 Å². The highest BCUT2D eigenvalue weighted by Crippen LogP contribution is 2.23. The second kappa shape index (κ2) is 8.41. The number of carbonyl (C=O) groups excluding carboxylic acids is 1. The Hall–Kier alpha value is -1.24. The van der Waals surface area contributed by atoms with Gasteiger partial charge in [0, 0.05) is 19.0 Å². The largest absolute Gasteiger partial charge is 0.336 e. The van der Waals surface area contributed by atoms with Gasteiger partial charge in [0.05, 0.1) is 6.04 Å². The molecule has 0 aromatic carbocycles. The van der Waals surface area contributed by atoms with Crippen LogP contribution in [-0.2, 0) is 13.0 Å². The van der Waals surface area contributed by atoms with Crippen LogP contribution in [0.25, 0.3) is 0 Å². The molecule has 7 heteroatoms. The molecule has 0 unspecified atom stereocenters. The lowest BCUT2D eigenvalue weighted by Crippen LogP contribution is -2.43. The summed E-state index contributed by atoms with van der Waals surface area (Å²) in [5.74, 6) is 3.95. The average molecular weight is 325 g/mol. The average Bonchev–Trinajstić information content (AvgIpc) is 2.91. The van der Waals surface area contributed by atoms with Crippen molar-refractivity contribution in [3.8, 4) is 0 Å². The van der Waals surface area contributed by atoms with Crippen molar-refractivity contribution < 1.29 is 4.79 Å². The number of aryl methyl sites for hydroxylation is 2. The van der Waals surface area contributed by atoms with Crippen LogP contribution in [0.4, 0.5) is 4.79 Å². The zero-order chi connectivity index (χ0) is 15.9. The van der Waals surface area contributed by atoms with E-state index in [2.05, 4.69) is 27.6 Å². The maximum absolute atomic E-state index is 12.2. The topological polar surface area (TPSA) is 71.8 Å². The Balaban J connectivity index is 1.86. The van der Waals surface area contributed by atoms with Crippen LogP contribution < -0.4 is 10.6 Å². The van der Waals surface area contributed by atoms with Gasteiger partial charge in [0.15, 0.2) is 5.82 Å². The third-order valence-electron chi connectivity index (χ3n) is 3.82. The number of thioether (sulfide) groups is 1. The fraction of sp³-hybridized carbons (Fsp3) is 0.800. The lowest BCUT2D eigenvalue weighted by Gasteiger charge is -2.24. The number of amides is 2. The van der Waals surface area contributed by atoms with Crippen molar-refractivity contribution in [2.45, 2.75) is 65.1 Å². The van der Waals surface area contributed by atoms with Crippen molar-refractivity contribution in [1.82, 2.24) is 25.4 Å². The predicted octanol–water partition coefficient (Wildman–Crippen LogP) is 2.51. The summed E-state index contributed by atoms with van der Waals surface area (Å²) in [5, 5.41) is 10.5. The molecular formula is C15H27N5OS. The zero-order valence-corrected chi connectivity index (χ0v) is 14.6. The molecule has 2 rings (SSSR count). The minimum absolute atomic E-state index is 0.0289. The number of rotatable bonds is 7. The van der Waals surface area contributed by atoms with Gasteiger partial charge in [0.2, 0.25) is 0 Å². The predicted molar refractivity (Wildman–Crippen MR) is 90.1 cm³/mol. The van der Waals surface area contributed by atoms with Gasteiger partial charge >= 0.3 is 6.03 Å². The summed E-state index contributed by atoms with van der Waals surface area (Å²) < 4.78 is 1.94. The van der Waals surface area contributed by atoms with E-state index in [1.54, 1.807) is 0 Å². The summed E-state index contributed by atoms with van der Waals surface area (Å²) in [6, 6.07) is 0.0546. The molecule has 0 spiro atoms. The SMILES string of the molecule is CCSCC[C@@H](C)NC(=O)N[C@H]1CCCn2nc(CC)nc21. The Kier molecular flexibility index (Phi) is 6.54. The molecule has 1 aliphatic heterocycles. The van der Waals surface area contributed by atoms with Gasteiger partial charge in [-0.3, -0.25) is 0 Å². The number of urea groups is 1. The number of nitrogens with one attached hydrogen (secondary N) is 2. The fourth-order valence-electron chi connectivity index (χ4n) is 2.59. The number of carbonyl (C=O) groups is 1. The molecule has 1 aliphatic rings. The van der Waals surface area contributed by atoms with E-state index in [9.17, 15) is 4.79 Å². The number of hydrogen-bond acceptors (Lipinski definition) is 4. The second-order valence-corrected chi connectivity index (χ2v) is 7.06. The van der Waals surface area contributed by atoms with Crippen LogP contribution in [0, 0.1) is 0 Å². The molecular weight excluding hydrogens is 298 g/mol. The molecule has 124 valence electrons. The molecule has 6 nitrogen and oxygen atoms in total. The smallest absolute Gasteiger partial charge is 0.315 e. The molecule has 0 aliphatic carbocycles. The Morgan fingerprint density at radius 1 is 1.50 bits per heavy atom. The molecule has 0 saturated carbocycles. The Bertz CT molecular complexity index is 490.